The molecule has 1 aromatic carbocycles. The van der Waals surface area contributed by atoms with Crippen LogP contribution in [0.4, 0.5) is 0 Å². The largest absolute Gasteiger partial charge is 0.486 e. The minimum atomic E-state index is -3.29. The highest BCUT2D eigenvalue weighted by Gasteiger charge is 2.47. The molecule has 0 amide bonds. The fraction of sp³-hybridized carbons (Fsp3) is 0.500. The first-order chi connectivity index (χ1) is 11.6. The number of aliphatic hydroxyl groups is 1. The average Bonchev–Trinajstić information content (AvgIpc) is 3.25. The maximum absolute atomic E-state index is 12.3. The van der Waals surface area contributed by atoms with E-state index in [4.69, 9.17) is 9.47 Å². The summed E-state index contributed by atoms with van der Waals surface area (Å²) in [4.78, 5) is 12.5. The Kier molecular flexibility index (Phi) is 4.20. The van der Waals surface area contributed by atoms with E-state index in [0.717, 1.165) is 19.1 Å². The monoisotopic (exact) mass is 366 g/mol. The predicted molar refractivity (Wildman–Crippen MR) is 91.3 cm³/mol. The highest BCUT2D eigenvalue weighted by molar-refractivity contribution is 7.90. The van der Waals surface area contributed by atoms with Gasteiger partial charge in [-0.05, 0) is 44.4 Å². The summed E-state index contributed by atoms with van der Waals surface area (Å²) in [5.74, 6) is -0.405. The van der Waals surface area contributed by atoms with Crippen molar-refractivity contribution in [3.05, 3.63) is 35.6 Å². The van der Waals surface area contributed by atoms with E-state index in [-0.39, 0.29) is 29.3 Å². The lowest BCUT2D eigenvalue weighted by Crippen LogP contribution is -2.22. The zero-order chi connectivity index (χ0) is 18.5. The second-order valence-electron chi connectivity index (χ2n) is 7.35. The zero-order valence-corrected chi connectivity index (χ0v) is 15.4. The molecule has 1 N–H and O–H groups in total. The third kappa shape index (κ3) is 3.43. The molecule has 0 atom stereocenters. The normalized spacial score (nSPS) is 21.2. The van der Waals surface area contributed by atoms with Gasteiger partial charge in [0.2, 0.25) is 5.76 Å². The molecule has 2 aliphatic rings. The van der Waals surface area contributed by atoms with Crippen molar-refractivity contribution in [2.45, 2.75) is 37.2 Å². The van der Waals surface area contributed by atoms with Crippen LogP contribution in [0, 0.1) is 5.41 Å². The minimum absolute atomic E-state index is 0.0249. The van der Waals surface area contributed by atoms with Gasteiger partial charge < -0.3 is 14.6 Å². The number of cyclic esters (lactones) is 1. The van der Waals surface area contributed by atoms with Gasteiger partial charge in [0.1, 0.15) is 5.60 Å². The second-order valence-corrected chi connectivity index (χ2v) is 9.36. The third-order valence-corrected chi connectivity index (χ3v) is 5.88. The first-order valence-corrected chi connectivity index (χ1v) is 9.99. The molecule has 0 saturated heterocycles. The fourth-order valence-electron chi connectivity index (χ4n) is 2.93. The number of hydrogen-bond donors (Lipinski definition) is 1. The van der Waals surface area contributed by atoms with Crippen LogP contribution in [-0.4, -0.2) is 44.6 Å². The highest BCUT2D eigenvalue weighted by Crippen LogP contribution is 2.47. The summed E-state index contributed by atoms with van der Waals surface area (Å²) in [5, 5.41) is 9.42. The molecule has 0 unspecified atom stereocenters. The third-order valence-electron chi connectivity index (χ3n) is 4.75. The molecular formula is C18H22O6S. The van der Waals surface area contributed by atoms with Gasteiger partial charge in [0, 0.05) is 11.7 Å². The van der Waals surface area contributed by atoms with Crippen LogP contribution in [0.3, 0.4) is 0 Å². The topological polar surface area (TPSA) is 89.9 Å². The second kappa shape index (κ2) is 5.85. The van der Waals surface area contributed by atoms with Crippen molar-refractivity contribution in [3.63, 3.8) is 0 Å². The molecule has 1 fully saturated rings. The van der Waals surface area contributed by atoms with E-state index in [0.29, 0.717) is 11.1 Å². The van der Waals surface area contributed by atoms with Crippen LogP contribution in [0.1, 0.15) is 32.3 Å². The molecule has 0 bridgehead atoms. The van der Waals surface area contributed by atoms with Crippen LogP contribution in [-0.2, 0) is 24.1 Å². The van der Waals surface area contributed by atoms with Crippen molar-refractivity contribution < 1.29 is 27.8 Å². The van der Waals surface area contributed by atoms with Gasteiger partial charge in [-0.1, -0.05) is 12.1 Å². The molecular weight excluding hydrogens is 344 g/mol. The van der Waals surface area contributed by atoms with Crippen molar-refractivity contribution in [3.8, 4) is 0 Å². The number of ether oxygens (including phenoxy) is 2. The molecule has 1 aliphatic carbocycles. The maximum Gasteiger partial charge on any atom is 0.374 e. The molecule has 1 heterocycles. The van der Waals surface area contributed by atoms with E-state index in [1.165, 1.54) is 12.1 Å². The first-order valence-electron chi connectivity index (χ1n) is 8.10. The molecule has 6 nitrogen and oxygen atoms in total. The van der Waals surface area contributed by atoms with Crippen LogP contribution < -0.4 is 0 Å². The molecule has 1 saturated carbocycles. The summed E-state index contributed by atoms with van der Waals surface area (Å²) in [7, 11) is -3.29. The lowest BCUT2D eigenvalue weighted by molar-refractivity contribution is -0.147. The SMILES string of the molecule is CC1(C)OC(=O)C(OCC2(CO)CC2)=C1c1ccc(S(C)(=O)=O)cc1. The van der Waals surface area contributed by atoms with E-state index in [1.54, 1.807) is 26.0 Å². The number of esters is 1. The summed E-state index contributed by atoms with van der Waals surface area (Å²) in [6.07, 6.45) is 2.88. The minimum Gasteiger partial charge on any atom is -0.486 e. The Hall–Kier alpha value is -1.86. The summed E-state index contributed by atoms with van der Waals surface area (Å²) in [6, 6.07) is 6.31. The van der Waals surface area contributed by atoms with Crippen LogP contribution in [0.2, 0.25) is 0 Å². The standard InChI is InChI=1S/C18H22O6S/c1-17(2)14(12-4-6-13(7-5-12)25(3,21)22)15(16(20)24-17)23-11-18(10-19)8-9-18/h4-7,19H,8-11H2,1-3H3. The van der Waals surface area contributed by atoms with E-state index in [1.807, 2.05) is 0 Å². The molecule has 1 aliphatic heterocycles. The van der Waals surface area contributed by atoms with Crippen LogP contribution in [0.5, 0.6) is 0 Å². The Morgan fingerprint density at radius 2 is 1.80 bits per heavy atom. The number of carbonyl (C=O) groups is 1. The van der Waals surface area contributed by atoms with Crippen LogP contribution in [0.15, 0.2) is 34.9 Å². The fourth-order valence-corrected chi connectivity index (χ4v) is 3.56. The van der Waals surface area contributed by atoms with E-state index in [9.17, 15) is 18.3 Å². The lowest BCUT2D eigenvalue weighted by atomic mass is 9.92. The summed E-state index contributed by atoms with van der Waals surface area (Å²) in [6.45, 7) is 3.81. The Labute approximate surface area is 147 Å². The molecule has 3 rings (SSSR count). The molecule has 0 aromatic heterocycles. The zero-order valence-electron chi connectivity index (χ0n) is 14.5. The van der Waals surface area contributed by atoms with Crippen molar-refractivity contribution >= 4 is 21.4 Å². The first kappa shape index (κ1) is 17.9. The number of hydrogen-bond acceptors (Lipinski definition) is 6. The Morgan fingerprint density at radius 3 is 2.28 bits per heavy atom. The summed E-state index contributed by atoms with van der Waals surface area (Å²) < 4.78 is 34.4. The van der Waals surface area contributed by atoms with Crippen molar-refractivity contribution in [2.75, 3.05) is 19.5 Å². The molecule has 1 aromatic rings. The van der Waals surface area contributed by atoms with Crippen LogP contribution in [0.25, 0.3) is 5.57 Å². The van der Waals surface area contributed by atoms with Gasteiger partial charge in [-0.25, -0.2) is 13.2 Å². The number of benzene rings is 1. The summed E-state index contributed by atoms with van der Waals surface area (Å²) in [5.41, 5.74) is 0.124. The highest BCUT2D eigenvalue weighted by atomic mass is 32.2. The van der Waals surface area contributed by atoms with Gasteiger partial charge in [-0.2, -0.15) is 0 Å². The predicted octanol–water partition coefficient (Wildman–Crippen LogP) is 1.93. The van der Waals surface area contributed by atoms with Gasteiger partial charge in [0.25, 0.3) is 0 Å². The average molecular weight is 366 g/mol. The van der Waals surface area contributed by atoms with Crippen LogP contribution >= 0.6 is 0 Å². The van der Waals surface area contributed by atoms with Crippen molar-refractivity contribution in [1.29, 1.82) is 0 Å². The Bertz CT molecular complexity index is 829. The van der Waals surface area contributed by atoms with E-state index < -0.39 is 21.4 Å². The van der Waals surface area contributed by atoms with Gasteiger partial charge in [-0.15, -0.1) is 0 Å². The van der Waals surface area contributed by atoms with Gasteiger partial charge in [0.05, 0.1) is 23.7 Å². The Balaban J connectivity index is 1.96. The van der Waals surface area contributed by atoms with Gasteiger partial charge in [-0.3, -0.25) is 0 Å². The molecule has 0 radical (unpaired) electrons. The molecule has 25 heavy (non-hydrogen) atoms. The molecule has 0 spiro atoms. The number of rotatable bonds is 6. The quantitative estimate of drug-likeness (QED) is 0.774. The van der Waals surface area contributed by atoms with Gasteiger partial charge in [0.15, 0.2) is 9.84 Å². The molecule has 7 heteroatoms. The number of carbonyl (C=O) groups excluding carboxylic acids is 1. The molecule has 136 valence electrons. The van der Waals surface area contributed by atoms with Crippen molar-refractivity contribution in [1.82, 2.24) is 0 Å². The van der Waals surface area contributed by atoms with Gasteiger partial charge >= 0.3 is 5.97 Å². The van der Waals surface area contributed by atoms with E-state index in [2.05, 4.69) is 0 Å². The Morgan fingerprint density at radius 1 is 1.20 bits per heavy atom. The van der Waals surface area contributed by atoms with Crippen molar-refractivity contribution in [2.24, 2.45) is 5.41 Å². The smallest absolute Gasteiger partial charge is 0.374 e. The summed E-state index contributed by atoms with van der Waals surface area (Å²) >= 11 is 0. The maximum atomic E-state index is 12.3. The van der Waals surface area contributed by atoms with E-state index >= 15 is 0 Å². The number of sulfone groups is 1. The lowest BCUT2D eigenvalue weighted by Gasteiger charge is -2.21. The number of aliphatic hydroxyl groups excluding tert-OH is 1.